The van der Waals surface area contributed by atoms with E-state index in [4.69, 9.17) is 0 Å². The summed E-state index contributed by atoms with van der Waals surface area (Å²) in [7, 11) is -3.48. The van der Waals surface area contributed by atoms with E-state index >= 15 is 0 Å². The van der Waals surface area contributed by atoms with Crippen LogP contribution in [-0.4, -0.2) is 15.0 Å². The first-order valence-corrected chi connectivity index (χ1v) is 9.12. The third kappa shape index (κ3) is 4.15. The zero-order valence-corrected chi connectivity index (χ0v) is 14.4. The van der Waals surface area contributed by atoms with Gasteiger partial charge in [-0.2, -0.15) is 0 Å². The largest absolute Gasteiger partial charge is 0.240 e. The van der Waals surface area contributed by atoms with Crippen molar-refractivity contribution in [3.8, 4) is 0 Å². The highest BCUT2D eigenvalue weighted by Gasteiger charge is 2.16. The maximum Gasteiger partial charge on any atom is 0.240 e. The molecular formula is C14H13Br2NO2S. The lowest BCUT2D eigenvalue weighted by Crippen LogP contribution is -2.26. The van der Waals surface area contributed by atoms with Crippen LogP contribution in [0.4, 0.5) is 0 Å². The minimum absolute atomic E-state index is 0.0612. The fourth-order valence-electron chi connectivity index (χ4n) is 1.66. The Balaban J connectivity index is 2.04. The van der Waals surface area contributed by atoms with Crippen LogP contribution in [0.25, 0.3) is 0 Å². The lowest BCUT2D eigenvalue weighted by Gasteiger charge is -2.12. The van der Waals surface area contributed by atoms with Crippen molar-refractivity contribution in [2.24, 2.45) is 0 Å². The van der Waals surface area contributed by atoms with Crippen molar-refractivity contribution in [1.82, 2.24) is 4.72 Å². The van der Waals surface area contributed by atoms with E-state index in [-0.39, 0.29) is 9.72 Å². The molecule has 0 bridgehead atoms. The Kier molecular flexibility index (Phi) is 5.37. The number of nitrogens with one attached hydrogen (secondary N) is 1. The third-order valence-electron chi connectivity index (χ3n) is 2.74. The minimum atomic E-state index is -3.48. The molecule has 1 N–H and O–H groups in total. The molecule has 0 radical (unpaired) electrons. The smallest absolute Gasteiger partial charge is 0.210 e. The number of sulfonamides is 1. The average molecular weight is 419 g/mol. The molecule has 6 heteroatoms. The number of alkyl halides is 1. The second-order valence-electron chi connectivity index (χ2n) is 4.18. The Labute approximate surface area is 135 Å². The van der Waals surface area contributed by atoms with Gasteiger partial charge in [-0.25, -0.2) is 13.1 Å². The van der Waals surface area contributed by atoms with Gasteiger partial charge in [0.1, 0.15) is 0 Å². The van der Waals surface area contributed by atoms with Gasteiger partial charge < -0.3 is 0 Å². The summed E-state index contributed by atoms with van der Waals surface area (Å²) < 4.78 is 27.7. The number of halogens is 2. The molecule has 3 nitrogen and oxygen atoms in total. The van der Waals surface area contributed by atoms with Crippen molar-refractivity contribution in [2.45, 2.75) is 9.72 Å². The first-order chi connectivity index (χ1) is 9.49. The molecule has 2 aromatic rings. The molecular weight excluding hydrogens is 406 g/mol. The highest BCUT2D eigenvalue weighted by Crippen LogP contribution is 2.22. The Morgan fingerprint density at radius 2 is 1.60 bits per heavy atom. The monoisotopic (exact) mass is 417 g/mol. The zero-order valence-electron chi connectivity index (χ0n) is 10.5. The molecule has 0 saturated heterocycles. The van der Waals surface area contributed by atoms with Gasteiger partial charge in [0.2, 0.25) is 10.0 Å². The molecule has 2 rings (SSSR count). The van der Waals surface area contributed by atoms with Crippen LogP contribution in [-0.2, 0) is 10.0 Å². The van der Waals surface area contributed by atoms with Crippen LogP contribution in [0.15, 0.2) is 64.0 Å². The molecule has 0 aliphatic rings. The second-order valence-corrected chi connectivity index (χ2v) is 7.97. The lowest BCUT2D eigenvalue weighted by atomic mass is 10.2. The predicted octanol–water partition coefficient (Wildman–Crippen LogP) is 3.86. The summed E-state index contributed by atoms with van der Waals surface area (Å²) in [5.74, 6) is 0. The number of hydrogen-bond donors (Lipinski definition) is 1. The van der Waals surface area contributed by atoms with Gasteiger partial charge in [-0.3, -0.25) is 0 Å². The van der Waals surface area contributed by atoms with Gasteiger partial charge in [-0.05, 0) is 29.8 Å². The van der Waals surface area contributed by atoms with E-state index in [1.54, 1.807) is 24.3 Å². The van der Waals surface area contributed by atoms with Gasteiger partial charge >= 0.3 is 0 Å². The number of hydrogen-bond acceptors (Lipinski definition) is 2. The van der Waals surface area contributed by atoms with E-state index in [9.17, 15) is 8.42 Å². The summed E-state index contributed by atoms with van der Waals surface area (Å²) in [5.41, 5.74) is 1.03. The van der Waals surface area contributed by atoms with Crippen LogP contribution in [0, 0.1) is 0 Å². The van der Waals surface area contributed by atoms with E-state index in [2.05, 4.69) is 36.6 Å². The molecule has 1 atom stereocenters. The maximum atomic E-state index is 12.1. The fourth-order valence-corrected chi connectivity index (χ4v) is 3.65. The third-order valence-corrected chi connectivity index (χ3v) is 5.56. The molecule has 0 spiro atoms. The van der Waals surface area contributed by atoms with Crippen molar-refractivity contribution >= 4 is 41.9 Å². The summed E-state index contributed by atoms with van der Waals surface area (Å²) in [6, 6.07) is 16.2. The van der Waals surface area contributed by atoms with Gasteiger partial charge in [0, 0.05) is 11.0 Å². The van der Waals surface area contributed by atoms with Crippen molar-refractivity contribution in [3.05, 3.63) is 64.6 Å². The summed E-state index contributed by atoms with van der Waals surface area (Å²) in [6.07, 6.45) is 0. The summed E-state index contributed by atoms with van der Waals surface area (Å²) in [6.45, 7) is 0.294. The highest BCUT2D eigenvalue weighted by atomic mass is 79.9. The Morgan fingerprint density at radius 3 is 2.20 bits per heavy atom. The molecule has 2 aromatic carbocycles. The molecule has 1 unspecified atom stereocenters. The van der Waals surface area contributed by atoms with Gasteiger partial charge in [-0.1, -0.05) is 62.2 Å². The van der Waals surface area contributed by atoms with Crippen molar-refractivity contribution in [2.75, 3.05) is 6.54 Å². The van der Waals surface area contributed by atoms with Gasteiger partial charge in [0.25, 0.3) is 0 Å². The minimum Gasteiger partial charge on any atom is -0.210 e. The molecule has 0 amide bonds. The van der Waals surface area contributed by atoms with Gasteiger partial charge in [0.05, 0.1) is 9.72 Å². The molecule has 20 heavy (non-hydrogen) atoms. The average Bonchev–Trinajstić information content (AvgIpc) is 2.46. The van der Waals surface area contributed by atoms with Crippen molar-refractivity contribution < 1.29 is 8.42 Å². The molecule has 0 aliphatic carbocycles. The Morgan fingerprint density at radius 1 is 1.00 bits per heavy atom. The first kappa shape index (κ1) is 15.7. The number of benzene rings is 2. The van der Waals surface area contributed by atoms with Crippen LogP contribution in [0.3, 0.4) is 0 Å². The molecule has 0 heterocycles. The van der Waals surface area contributed by atoms with Gasteiger partial charge in [-0.15, -0.1) is 0 Å². The normalized spacial score (nSPS) is 13.1. The van der Waals surface area contributed by atoms with E-state index < -0.39 is 10.0 Å². The zero-order chi connectivity index (χ0) is 14.6. The van der Waals surface area contributed by atoms with Crippen LogP contribution in [0.1, 0.15) is 10.4 Å². The Hall–Kier alpha value is -0.690. The van der Waals surface area contributed by atoms with Gasteiger partial charge in [0.15, 0.2) is 0 Å². The van der Waals surface area contributed by atoms with Crippen LogP contribution in [0.2, 0.25) is 0 Å². The van der Waals surface area contributed by atoms with Crippen LogP contribution < -0.4 is 4.72 Å². The van der Waals surface area contributed by atoms with E-state index in [0.717, 1.165) is 10.0 Å². The number of rotatable bonds is 5. The van der Waals surface area contributed by atoms with E-state index in [0.29, 0.717) is 6.54 Å². The maximum absolute atomic E-state index is 12.1. The summed E-state index contributed by atoms with van der Waals surface area (Å²) in [5, 5.41) is 0. The fraction of sp³-hybridized carbons (Fsp3) is 0.143. The molecule has 106 valence electrons. The van der Waals surface area contributed by atoms with E-state index in [1.807, 2.05) is 30.3 Å². The highest BCUT2D eigenvalue weighted by molar-refractivity contribution is 9.10. The van der Waals surface area contributed by atoms with Crippen molar-refractivity contribution in [3.63, 3.8) is 0 Å². The molecule has 0 aromatic heterocycles. The van der Waals surface area contributed by atoms with Crippen LogP contribution in [0.5, 0.6) is 0 Å². The lowest BCUT2D eigenvalue weighted by molar-refractivity contribution is 0.581. The second kappa shape index (κ2) is 6.85. The predicted molar refractivity (Wildman–Crippen MR) is 87.4 cm³/mol. The molecule has 0 aliphatic heterocycles. The van der Waals surface area contributed by atoms with Crippen molar-refractivity contribution in [1.29, 1.82) is 0 Å². The van der Waals surface area contributed by atoms with E-state index in [1.165, 1.54) is 0 Å². The molecule has 0 fully saturated rings. The SMILES string of the molecule is O=S(=O)(NCC(Br)c1ccccc1)c1ccc(Br)cc1. The first-order valence-electron chi connectivity index (χ1n) is 5.93. The standard InChI is InChI=1S/C14H13Br2NO2S/c15-12-6-8-13(9-7-12)20(18,19)17-10-14(16)11-4-2-1-3-5-11/h1-9,14,17H,10H2. The Bertz CT molecular complexity index is 657. The summed E-state index contributed by atoms with van der Waals surface area (Å²) >= 11 is 6.77. The molecule has 0 saturated carbocycles. The quantitative estimate of drug-likeness (QED) is 0.749. The van der Waals surface area contributed by atoms with Crippen LogP contribution >= 0.6 is 31.9 Å². The topological polar surface area (TPSA) is 46.2 Å². The summed E-state index contributed by atoms with van der Waals surface area (Å²) in [4.78, 5) is 0.197.